The molecule has 2 aromatic heterocycles. The Morgan fingerprint density at radius 1 is 1.39 bits per heavy atom. The van der Waals surface area contributed by atoms with Gasteiger partial charge in [0.05, 0.1) is 0 Å². The molecule has 0 atom stereocenters. The van der Waals surface area contributed by atoms with Crippen molar-refractivity contribution in [2.75, 3.05) is 20.1 Å². The smallest absolute Gasteiger partial charge is 0.221 e. The lowest BCUT2D eigenvalue weighted by atomic mass is 9.97. The van der Waals surface area contributed by atoms with Gasteiger partial charge in [0, 0.05) is 52.9 Å². The molecule has 5 heteroatoms. The first-order valence-corrected chi connectivity index (χ1v) is 8.53. The molecule has 23 heavy (non-hydrogen) atoms. The van der Waals surface area contributed by atoms with E-state index in [1.807, 2.05) is 23.6 Å². The Hall–Kier alpha value is -2.24. The number of nitrogens with zero attached hydrogens (tertiary/aromatic N) is 2. The Kier molecular flexibility index (Phi) is 3.59. The summed E-state index contributed by atoms with van der Waals surface area (Å²) in [6.07, 6.45) is 7.04. The van der Waals surface area contributed by atoms with Crippen LogP contribution in [0.3, 0.4) is 0 Å². The number of ketones is 1. The quantitative estimate of drug-likeness (QED) is 0.750. The number of nitrogens with one attached hydrogen (secondary N) is 1. The van der Waals surface area contributed by atoms with Crippen molar-refractivity contribution in [1.29, 1.82) is 0 Å². The molecule has 3 aromatic rings. The average molecular weight is 323 g/mol. The van der Waals surface area contributed by atoms with E-state index in [1.54, 1.807) is 6.20 Å². The number of benzene rings is 1. The van der Waals surface area contributed by atoms with Gasteiger partial charge in [-0.15, -0.1) is 11.3 Å². The molecule has 0 fully saturated rings. The SMILES string of the molecule is CN1CC=C(c2c[nH]c3ccc(C(=O)c4nccs4)cc23)CC1. The minimum Gasteiger partial charge on any atom is -0.361 e. The van der Waals surface area contributed by atoms with Gasteiger partial charge in [-0.25, -0.2) is 4.98 Å². The van der Waals surface area contributed by atoms with E-state index < -0.39 is 0 Å². The Morgan fingerprint density at radius 3 is 3.04 bits per heavy atom. The minimum absolute atomic E-state index is 0.00796. The topological polar surface area (TPSA) is 49.0 Å². The highest BCUT2D eigenvalue weighted by Crippen LogP contribution is 2.30. The summed E-state index contributed by atoms with van der Waals surface area (Å²) >= 11 is 1.38. The van der Waals surface area contributed by atoms with Crippen molar-refractivity contribution in [2.24, 2.45) is 0 Å². The highest BCUT2D eigenvalue weighted by Gasteiger charge is 2.16. The summed E-state index contributed by atoms with van der Waals surface area (Å²) in [5.74, 6) is -0.00796. The number of likely N-dealkylation sites (N-methyl/N-ethyl adjacent to an activating group) is 1. The molecular formula is C18H17N3OS. The number of carbonyl (C=O) groups is 1. The van der Waals surface area contributed by atoms with Crippen LogP contribution in [0.4, 0.5) is 0 Å². The Morgan fingerprint density at radius 2 is 2.30 bits per heavy atom. The van der Waals surface area contributed by atoms with Gasteiger partial charge in [0.1, 0.15) is 0 Å². The van der Waals surface area contributed by atoms with Gasteiger partial charge in [-0.2, -0.15) is 0 Å². The van der Waals surface area contributed by atoms with Crippen molar-refractivity contribution in [1.82, 2.24) is 14.9 Å². The van der Waals surface area contributed by atoms with Gasteiger partial charge in [0.2, 0.25) is 5.78 Å². The number of rotatable bonds is 3. The fourth-order valence-corrected chi connectivity index (χ4v) is 3.60. The van der Waals surface area contributed by atoms with Gasteiger partial charge in [-0.3, -0.25) is 4.79 Å². The summed E-state index contributed by atoms with van der Waals surface area (Å²) in [5.41, 5.74) is 4.33. The van der Waals surface area contributed by atoms with Crippen LogP contribution in [0.25, 0.3) is 16.5 Å². The fraction of sp³-hybridized carbons (Fsp3) is 0.222. The number of aromatic amines is 1. The molecular weight excluding hydrogens is 306 g/mol. The second-order valence-corrected chi connectivity index (χ2v) is 6.77. The van der Waals surface area contributed by atoms with Crippen LogP contribution in [-0.2, 0) is 0 Å². The van der Waals surface area contributed by atoms with E-state index in [2.05, 4.69) is 34.2 Å². The molecule has 1 N–H and O–H groups in total. The lowest BCUT2D eigenvalue weighted by Gasteiger charge is -2.21. The monoisotopic (exact) mass is 323 g/mol. The Bertz CT molecular complexity index is 892. The fourth-order valence-electron chi connectivity index (χ4n) is 3.00. The Balaban J connectivity index is 1.76. The standard InChI is InChI=1S/C18H17N3OS/c1-21-7-4-12(5-8-21)15-11-20-16-3-2-13(10-14(15)16)17(22)18-19-6-9-23-18/h2-4,6,9-11,20H,5,7-8H2,1H3. The maximum atomic E-state index is 12.5. The van der Waals surface area contributed by atoms with Crippen LogP contribution in [0.1, 0.15) is 27.3 Å². The molecule has 1 aliphatic rings. The van der Waals surface area contributed by atoms with E-state index in [4.69, 9.17) is 0 Å². The third-order valence-electron chi connectivity index (χ3n) is 4.33. The molecule has 0 amide bonds. The van der Waals surface area contributed by atoms with Gasteiger partial charge in [-0.05, 0) is 37.2 Å². The molecule has 0 saturated heterocycles. The summed E-state index contributed by atoms with van der Waals surface area (Å²) in [6, 6.07) is 5.84. The van der Waals surface area contributed by atoms with Crippen molar-refractivity contribution in [3.8, 4) is 0 Å². The first kappa shape index (κ1) is 14.4. The molecule has 0 unspecified atom stereocenters. The number of H-pyrrole nitrogens is 1. The Labute approximate surface area is 138 Å². The zero-order valence-electron chi connectivity index (χ0n) is 12.9. The minimum atomic E-state index is -0.00796. The van der Waals surface area contributed by atoms with Crippen molar-refractivity contribution in [3.63, 3.8) is 0 Å². The predicted octanol–water partition coefficient (Wildman–Crippen LogP) is 3.57. The van der Waals surface area contributed by atoms with Gasteiger partial charge < -0.3 is 9.88 Å². The molecule has 116 valence electrons. The largest absolute Gasteiger partial charge is 0.361 e. The lowest BCUT2D eigenvalue weighted by molar-refractivity contribution is 0.103. The van der Waals surface area contributed by atoms with Crippen LogP contribution >= 0.6 is 11.3 Å². The number of thiazole rings is 1. The molecule has 1 aliphatic heterocycles. The zero-order valence-corrected chi connectivity index (χ0v) is 13.7. The number of hydrogen-bond acceptors (Lipinski definition) is 4. The van der Waals surface area contributed by atoms with Crippen molar-refractivity contribution < 1.29 is 4.79 Å². The lowest BCUT2D eigenvalue weighted by Crippen LogP contribution is -2.23. The van der Waals surface area contributed by atoms with E-state index in [-0.39, 0.29) is 5.78 Å². The van der Waals surface area contributed by atoms with Crippen LogP contribution in [0.5, 0.6) is 0 Å². The van der Waals surface area contributed by atoms with Crippen molar-refractivity contribution in [2.45, 2.75) is 6.42 Å². The maximum Gasteiger partial charge on any atom is 0.221 e. The molecule has 0 aliphatic carbocycles. The van der Waals surface area contributed by atoms with E-state index >= 15 is 0 Å². The van der Waals surface area contributed by atoms with Crippen molar-refractivity contribution >= 4 is 33.6 Å². The third kappa shape index (κ3) is 2.62. The number of fused-ring (bicyclic) bond motifs is 1. The summed E-state index contributed by atoms with van der Waals surface area (Å²) < 4.78 is 0. The van der Waals surface area contributed by atoms with Crippen molar-refractivity contribution in [3.05, 3.63) is 58.2 Å². The molecule has 3 heterocycles. The average Bonchev–Trinajstić information content (AvgIpc) is 3.24. The van der Waals surface area contributed by atoms with Crippen LogP contribution < -0.4 is 0 Å². The zero-order chi connectivity index (χ0) is 15.8. The van der Waals surface area contributed by atoms with Crippen LogP contribution in [0, 0.1) is 0 Å². The second-order valence-electron chi connectivity index (χ2n) is 5.87. The molecule has 1 aromatic carbocycles. The molecule has 0 radical (unpaired) electrons. The predicted molar refractivity (Wildman–Crippen MR) is 93.9 cm³/mol. The van der Waals surface area contributed by atoms with Gasteiger partial charge in [0.15, 0.2) is 5.01 Å². The molecule has 0 spiro atoms. The number of aromatic nitrogens is 2. The summed E-state index contributed by atoms with van der Waals surface area (Å²) in [7, 11) is 2.13. The molecule has 4 rings (SSSR count). The second kappa shape index (κ2) is 5.76. The van der Waals surface area contributed by atoms with Crippen LogP contribution in [-0.4, -0.2) is 40.8 Å². The number of hydrogen-bond donors (Lipinski definition) is 1. The van der Waals surface area contributed by atoms with Gasteiger partial charge in [0.25, 0.3) is 0 Å². The van der Waals surface area contributed by atoms with Gasteiger partial charge in [-0.1, -0.05) is 6.08 Å². The van der Waals surface area contributed by atoms with E-state index in [0.29, 0.717) is 10.6 Å². The maximum absolute atomic E-state index is 12.5. The summed E-state index contributed by atoms with van der Waals surface area (Å²) in [4.78, 5) is 22.3. The van der Waals surface area contributed by atoms with E-state index in [9.17, 15) is 4.79 Å². The highest BCUT2D eigenvalue weighted by molar-refractivity contribution is 7.11. The third-order valence-corrected chi connectivity index (χ3v) is 5.10. The molecule has 0 saturated carbocycles. The molecule has 4 nitrogen and oxygen atoms in total. The molecule has 0 bridgehead atoms. The van der Waals surface area contributed by atoms with Crippen LogP contribution in [0.2, 0.25) is 0 Å². The summed E-state index contributed by atoms with van der Waals surface area (Å²) in [5, 5.41) is 3.49. The first-order chi connectivity index (χ1) is 11.2. The van der Waals surface area contributed by atoms with Crippen LogP contribution in [0.15, 0.2) is 42.0 Å². The summed E-state index contributed by atoms with van der Waals surface area (Å²) in [6.45, 7) is 2.04. The number of carbonyl (C=O) groups excluding carboxylic acids is 1. The van der Waals surface area contributed by atoms with E-state index in [1.165, 1.54) is 22.5 Å². The van der Waals surface area contributed by atoms with Gasteiger partial charge >= 0.3 is 0 Å². The normalized spacial score (nSPS) is 15.8. The van der Waals surface area contributed by atoms with E-state index in [0.717, 1.165) is 30.4 Å². The highest BCUT2D eigenvalue weighted by atomic mass is 32.1. The first-order valence-electron chi connectivity index (χ1n) is 7.65.